The minimum atomic E-state index is -0.908. The van der Waals surface area contributed by atoms with Gasteiger partial charge in [-0.15, -0.1) is 0 Å². The molecule has 3 nitrogen and oxygen atoms in total. The van der Waals surface area contributed by atoms with Crippen molar-refractivity contribution in [2.24, 2.45) is 0 Å². The lowest BCUT2D eigenvalue weighted by Crippen LogP contribution is -1.98. The summed E-state index contributed by atoms with van der Waals surface area (Å²) >= 11 is 0. The van der Waals surface area contributed by atoms with Gasteiger partial charge in [-0.3, -0.25) is 0 Å². The molecule has 1 aromatic carbocycles. The van der Waals surface area contributed by atoms with Crippen molar-refractivity contribution in [3.05, 3.63) is 41.7 Å². The third-order valence-electron chi connectivity index (χ3n) is 2.32. The standard InChI is InChI=1S/C11H9F2N3/c1-6-10(15-5-16-11(6)14)7-2-3-8(12)9(13)4-7/h2-5H,1H3,(H2,14,15,16). The maximum atomic E-state index is 13.0. The molecule has 2 aromatic rings. The van der Waals surface area contributed by atoms with E-state index in [2.05, 4.69) is 9.97 Å². The van der Waals surface area contributed by atoms with Crippen molar-refractivity contribution in [3.8, 4) is 11.3 Å². The van der Waals surface area contributed by atoms with Crippen LogP contribution in [0.25, 0.3) is 11.3 Å². The predicted molar refractivity (Wildman–Crippen MR) is 56.5 cm³/mol. The number of anilines is 1. The van der Waals surface area contributed by atoms with E-state index in [9.17, 15) is 8.78 Å². The van der Waals surface area contributed by atoms with Crippen molar-refractivity contribution in [1.82, 2.24) is 9.97 Å². The number of nitrogens with zero attached hydrogens (tertiary/aromatic N) is 2. The minimum absolute atomic E-state index is 0.328. The molecule has 1 heterocycles. The third-order valence-corrected chi connectivity index (χ3v) is 2.32. The van der Waals surface area contributed by atoms with Crippen LogP contribution in [0.1, 0.15) is 5.56 Å². The van der Waals surface area contributed by atoms with Gasteiger partial charge in [0.2, 0.25) is 0 Å². The molecule has 0 radical (unpaired) electrons. The van der Waals surface area contributed by atoms with E-state index in [1.165, 1.54) is 12.4 Å². The van der Waals surface area contributed by atoms with Crippen molar-refractivity contribution in [1.29, 1.82) is 0 Å². The van der Waals surface area contributed by atoms with E-state index in [0.29, 0.717) is 22.6 Å². The number of hydrogen-bond acceptors (Lipinski definition) is 3. The number of hydrogen-bond donors (Lipinski definition) is 1. The first-order valence-electron chi connectivity index (χ1n) is 4.62. The van der Waals surface area contributed by atoms with E-state index >= 15 is 0 Å². The van der Waals surface area contributed by atoms with Crippen LogP contribution >= 0.6 is 0 Å². The van der Waals surface area contributed by atoms with E-state index in [4.69, 9.17) is 5.73 Å². The third kappa shape index (κ3) is 1.71. The molecule has 0 fully saturated rings. The van der Waals surface area contributed by atoms with Crippen molar-refractivity contribution in [2.75, 3.05) is 5.73 Å². The van der Waals surface area contributed by atoms with Crippen LogP contribution in [0.15, 0.2) is 24.5 Å². The second-order valence-electron chi connectivity index (χ2n) is 3.36. The van der Waals surface area contributed by atoms with Gasteiger partial charge in [0, 0.05) is 11.1 Å². The topological polar surface area (TPSA) is 51.8 Å². The Bertz CT molecular complexity index is 541. The lowest BCUT2D eigenvalue weighted by Gasteiger charge is -2.06. The first kappa shape index (κ1) is 10.5. The van der Waals surface area contributed by atoms with Crippen LogP contribution in [0.3, 0.4) is 0 Å². The highest BCUT2D eigenvalue weighted by atomic mass is 19.2. The lowest BCUT2D eigenvalue weighted by molar-refractivity contribution is 0.509. The molecular weight excluding hydrogens is 212 g/mol. The lowest BCUT2D eigenvalue weighted by atomic mass is 10.1. The summed E-state index contributed by atoms with van der Waals surface area (Å²) in [6.45, 7) is 1.73. The van der Waals surface area contributed by atoms with Crippen LogP contribution in [0.2, 0.25) is 0 Å². The number of nitrogen functional groups attached to an aromatic ring is 1. The number of halogens is 2. The minimum Gasteiger partial charge on any atom is -0.383 e. The van der Waals surface area contributed by atoms with Gasteiger partial charge < -0.3 is 5.73 Å². The summed E-state index contributed by atoms with van der Waals surface area (Å²) in [6, 6.07) is 3.60. The Balaban J connectivity index is 2.59. The molecule has 0 spiro atoms. The summed E-state index contributed by atoms with van der Waals surface area (Å²) in [6.07, 6.45) is 1.29. The van der Waals surface area contributed by atoms with Gasteiger partial charge in [-0.05, 0) is 25.1 Å². The molecule has 2 rings (SSSR count). The van der Waals surface area contributed by atoms with Crippen LogP contribution in [-0.2, 0) is 0 Å². The Morgan fingerprint density at radius 1 is 1.12 bits per heavy atom. The van der Waals surface area contributed by atoms with Gasteiger partial charge in [0.1, 0.15) is 12.1 Å². The quantitative estimate of drug-likeness (QED) is 0.803. The summed E-state index contributed by atoms with van der Waals surface area (Å²) in [7, 11) is 0. The SMILES string of the molecule is Cc1c(N)ncnc1-c1ccc(F)c(F)c1. The van der Waals surface area contributed by atoms with Crippen LogP contribution < -0.4 is 5.73 Å². The first-order chi connectivity index (χ1) is 7.59. The molecule has 5 heteroatoms. The van der Waals surface area contributed by atoms with E-state index in [-0.39, 0.29) is 0 Å². The van der Waals surface area contributed by atoms with Gasteiger partial charge in [0.05, 0.1) is 5.69 Å². The zero-order valence-corrected chi connectivity index (χ0v) is 8.54. The Morgan fingerprint density at radius 3 is 2.56 bits per heavy atom. The Kier molecular flexibility index (Phi) is 2.52. The molecular formula is C11H9F2N3. The fourth-order valence-corrected chi connectivity index (χ4v) is 1.40. The molecule has 0 saturated heterocycles. The van der Waals surface area contributed by atoms with Crippen LogP contribution in [0, 0.1) is 18.6 Å². The summed E-state index contributed by atoms with van der Waals surface area (Å²) in [5, 5.41) is 0. The molecule has 2 N–H and O–H groups in total. The van der Waals surface area contributed by atoms with Crippen LogP contribution in [0.4, 0.5) is 14.6 Å². The maximum Gasteiger partial charge on any atom is 0.159 e. The molecule has 16 heavy (non-hydrogen) atoms. The molecule has 82 valence electrons. The molecule has 0 amide bonds. The van der Waals surface area contributed by atoms with Crippen LogP contribution in [0.5, 0.6) is 0 Å². The molecule has 0 aliphatic heterocycles. The van der Waals surface area contributed by atoms with Gasteiger partial charge in [0.25, 0.3) is 0 Å². The molecule has 0 atom stereocenters. The summed E-state index contributed by atoms with van der Waals surface area (Å²) < 4.78 is 25.8. The fourth-order valence-electron chi connectivity index (χ4n) is 1.40. The van der Waals surface area contributed by atoms with Gasteiger partial charge in [-0.25, -0.2) is 18.7 Å². The molecule has 0 aliphatic carbocycles. The van der Waals surface area contributed by atoms with Gasteiger partial charge >= 0.3 is 0 Å². The average Bonchev–Trinajstić information content (AvgIpc) is 2.26. The van der Waals surface area contributed by atoms with Crippen molar-refractivity contribution < 1.29 is 8.78 Å². The van der Waals surface area contributed by atoms with E-state index in [1.807, 2.05) is 0 Å². The Morgan fingerprint density at radius 2 is 1.88 bits per heavy atom. The zero-order valence-electron chi connectivity index (χ0n) is 8.54. The second kappa shape index (κ2) is 3.84. The molecule has 0 saturated carbocycles. The molecule has 1 aromatic heterocycles. The number of benzene rings is 1. The smallest absolute Gasteiger partial charge is 0.159 e. The zero-order chi connectivity index (χ0) is 11.7. The summed E-state index contributed by atoms with van der Waals surface area (Å²) in [5.74, 6) is -1.47. The average molecular weight is 221 g/mol. The monoisotopic (exact) mass is 221 g/mol. The normalized spacial score (nSPS) is 10.4. The molecule has 0 aliphatic rings. The van der Waals surface area contributed by atoms with Gasteiger partial charge in [0.15, 0.2) is 11.6 Å². The van der Waals surface area contributed by atoms with Crippen molar-refractivity contribution in [3.63, 3.8) is 0 Å². The number of aromatic nitrogens is 2. The number of rotatable bonds is 1. The number of nitrogens with two attached hydrogens (primary N) is 1. The largest absolute Gasteiger partial charge is 0.383 e. The Labute approximate surface area is 91.0 Å². The second-order valence-corrected chi connectivity index (χ2v) is 3.36. The summed E-state index contributed by atoms with van der Waals surface area (Å²) in [4.78, 5) is 7.80. The fraction of sp³-hybridized carbons (Fsp3) is 0.0909. The van der Waals surface area contributed by atoms with Crippen molar-refractivity contribution in [2.45, 2.75) is 6.92 Å². The van der Waals surface area contributed by atoms with Crippen molar-refractivity contribution >= 4 is 5.82 Å². The summed E-state index contributed by atoms with van der Waals surface area (Å²) in [5.41, 5.74) is 7.24. The molecule has 0 bridgehead atoms. The predicted octanol–water partition coefficient (Wildman–Crippen LogP) is 2.31. The highest BCUT2D eigenvalue weighted by Crippen LogP contribution is 2.24. The van der Waals surface area contributed by atoms with Gasteiger partial charge in [-0.2, -0.15) is 0 Å². The molecule has 0 unspecified atom stereocenters. The first-order valence-corrected chi connectivity index (χ1v) is 4.62. The van der Waals surface area contributed by atoms with Crippen LogP contribution in [-0.4, -0.2) is 9.97 Å². The highest BCUT2D eigenvalue weighted by Gasteiger charge is 2.09. The van der Waals surface area contributed by atoms with E-state index < -0.39 is 11.6 Å². The van der Waals surface area contributed by atoms with E-state index in [1.54, 1.807) is 6.92 Å². The van der Waals surface area contributed by atoms with E-state index in [0.717, 1.165) is 12.1 Å². The Hall–Kier alpha value is -2.04. The maximum absolute atomic E-state index is 13.0. The highest BCUT2D eigenvalue weighted by molar-refractivity contribution is 5.66. The van der Waals surface area contributed by atoms with Gasteiger partial charge in [-0.1, -0.05) is 0 Å².